The van der Waals surface area contributed by atoms with Gasteiger partial charge in [-0.2, -0.15) is 0 Å². The second kappa shape index (κ2) is 11.6. The number of fused-ring (bicyclic) bond motifs is 1. The number of aromatic nitrogens is 2. The van der Waals surface area contributed by atoms with E-state index < -0.39 is 0 Å². The highest BCUT2D eigenvalue weighted by Gasteiger charge is 2.39. The van der Waals surface area contributed by atoms with Gasteiger partial charge >= 0.3 is 0 Å². The van der Waals surface area contributed by atoms with Gasteiger partial charge in [-0.1, -0.05) is 25.7 Å². The van der Waals surface area contributed by atoms with Crippen molar-refractivity contribution < 1.29 is 4.39 Å². The molecule has 0 bridgehead atoms. The van der Waals surface area contributed by atoms with Crippen LogP contribution in [0.15, 0.2) is 47.3 Å². The van der Waals surface area contributed by atoms with E-state index >= 15 is 0 Å². The van der Waals surface area contributed by atoms with E-state index in [0.717, 1.165) is 34.6 Å². The summed E-state index contributed by atoms with van der Waals surface area (Å²) in [5.74, 6) is 3.60. The van der Waals surface area contributed by atoms with Crippen LogP contribution < -0.4 is 16.2 Å². The van der Waals surface area contributed by atoms with E-state index in [1.54, 1.807) is 12.1 Å². The molecule has 2 N–H and O–H groups in total. The number of aryl methyl sites for hydroxylation is 1. The van der Waals surface area contributed by atoms with Crippen LogP contribution in [0.4, 0.5) is 15.8 Å². The highest BCUT2D eigenvalue weighted by molar-refractivity contribution is 5.83. The van der Waals surface area contributed by atoms with Gasteiger partial charge in [0.15, 0.2) is 0 Å². The summed E-state index contributed by atoms with van der Waals surface area (Å²) in [6, 6.07) is 13.1. The fraction of sp³-hybridized carbons (Fsp3) is 0.588. The molecule has 3 aromatic rings. The molecule has 4 aliphatic rings. The van der Waals surface area contributed by atoms with E-state index in [1.165, 1.54) is 89.2 Å². The number of rotatable bonds is 7. The van der Waals surface area contributed by atoms with Crippen LogP contribution in [0.25, 0.3) is 10.9 Å². The fourth-order valence-electron chi connectivity index (χ4n) is 7.07. The summed E-state index contributed by atoms with van der Waals surface area (Å²) in [5.41, 5.74) is 8.67. The van der Waals surface area contributed by atoms with Crippen LogP contribution in [0.2, 0.25) is 0 Å². The van der Waals surface area contributed by atoms with Crippen LogP contribution in [-0.2, 0) is 0 Å². The van der Waals surface area contributed by atoms with Gasteiger partial charge in [-0.3, -0.25) is 9.36 Å². The molecular formula is C34H45FN4O. The summed E-state index contributed by atoms with van der Waals surface area (Å²) in [5, 5.41) is 0.663. The molecule has 0 atom stereocenters. The maximum Gasteiger partial charge on any atom is 0.261 e. The molecule has 7 rings (SSSR count). The van der Waals surface area contributed by atoms with E-state index in [4.69, 9.17) is 10.7 Å². The van der Waals surface area contributed by atoms with Crippen LogP contribution in [0.5, 0.6) is 0 Å². The SMILES string of the molecule is Cc1nc2ccc(N(C)c3ccc(F)cc3)cc2c(=O)n1C(C1CCC1)C1CCC1.NC(C1CCC1)C1CCC1. The van der Waals surface area contributed by atoms with Gasteiger partial charge in [0.05, 0.1) is 10.9 Å². The molecule has 1 heterocycles. The Morgan fingerprint density at radius 3 is 1.80 bits per heavy atom. The first-order valence-corrected chi connectivity index (χ1v) is 15.7. The summed E-state index contributed by atoms with van der Waals surface area (Å²) >= 11 is 0. The van der Waals surface area contributed by atoms with Crippen molar-refractivity contribution in [2.24, 2.45) is 29.4 Å². The third-order valence-corrected chi connectivity index (χ3v) is 10.6. The predicted molar refractivity (Wildman–Crippen MR) is 162 cm³/mol. The first-order chi connectivity index (χ1) is 19.4. The molecule has 0 radical (unpaired) electrons. The molecule has 1 aromatic heterocycles. The van der Waals surface area contributed by atoms with E-state index in [2.05, 4.69) is 0 Å². The molecular weight excluding hydrogens is 499 g/mol. The molecule has 4 fully saturated rings. The van der Waals surface area contributed by atoms with Crippen molar-refractivity contribution in [3.8, 4) is 0 Å². The largest absolute Gasteiger partial charge is 0.345 e. The molecule has 4 saturated carbocycles. The second-order valence-electron chi connectivity index (χ2n) is 12.9. The summed E-state index contributed by atoms with van der Waals surface area (Å²) in [6.07, 6.45) is 16.0. The van der Waals surface area contributed by atoms with Gasteiger partial charge in [-0.25, -0.2) is 9.37 Å². The highest BCUT2D eigenvalue weighted by atomic mass is 19.1. The second-order valence-corrected chi connectivity index (χ2v) is 12.9. The lowest BCUT2D eigenvalue weighted by Crippen LogP contribution is -2.43. The van der Waals surface area contributed by atoms with Crippen LogP contribution in [0.1, 0.15) is 88.9 Å². The molecule has 0 unspecified atom stereocenters. The minimum atomic E-state index is -0.258. The zero-order valence-electron chi connectivity index (χ0n) is 24.2. The molecule has 2 aromatic carbocycles. The van der Waals surface area contributed by atoms with Crippen molar-refractivity contribution in [1.82, 2.24) is 9.55 Å². The number of anilines is 2. The maximum absolute atomic E-state index is 13.7. The topological polar surface area (TPSA) is 64.2 Å². The van der Waals surface area contributed by atoms with E-state index in [0.29, 0.717) is 23.3 Å². The standard InChI is InChI=1S/C25H28FN3O.C9H17N/c1-16-27-23-14-13-21(28(2)20-11-9-19(26)10-12-20)15-22(23)25(30)29(16)24(17-5-3-6-17)18-7-4-8-18;10-9(7-3-1-4-7)8-5-2-6-8/h9-15,17-18,24H,3-8H2,1-2H3;7-9H,1-6,10H2. The van der Waals surface area contributed by atoms with Gasteiger partial charge in [0.2, 0.25) is 0 Å². The molecule has 214 valence electrons. The quantitative estimate of drug-likeness (QED) is 0.332. The van der Waals surface area contributed by atoms with Gasteiger partial charge in [-0.15, -0.1) is 0 Å². The first kappa shape index (κ1) is 27.4. The molecule has 6 heteroatoms. The van der Waals surface area contributed by atoms with E-state index in [9.17, 15) is 9.18 Å². The summed E-state index contributed by atoms with van der Waals surface area (Å²) in [4.78, 5) is 20.5. The van der Waals surface area contributed by atoms with Gasteiger partial charge in [0.25, 0.3) is 5.56 Å². The van der Waals surface area contributed by atoms with Crippen molar-refractivity contribution in [2.45, 2.75) is 96.1 Å². The Kier molecular flexibility index (Phi) is 7.98. The smallest absolute Gasteiger partial charge is 0.261 e. The number of hydrogen-bond donors (Lipinski definition) is 1. The van der Waals surface area contributed by atoms with Gasteiger partial charge in [-0.05, 0) is 124 Å². The van der Waals surface area contributed by atoms with Gasteiger partial charge in [0.1, 0.15) is 11.6 Å². The van der Waals surface area contributed by atoms with Crippen molar-refractivity contribution >= 4 is 22.3 Å². The highest BCUT2D eigenvalue weighted by Crippen LogP contribution is 2.47. The summed E-state index contributed by atoms with van der Waals surface area (Å²) in [6.45, 7) is 1.98. The third kappa shape index (κ3) is 5.32. The Bertz CT molecular complexity index is 1340. The normalized spacial score (nSPS) is 19.9. The average Bonchev–Trinajstić information content (AvgIpc) is 2.80. The van der Waals surface area contributed by atoms with E-state index in [1.807, 2.05) is 41.6 Å². The summed E-state index contributed by atoms with van der Waals surface area (Å²) < 4.78 is 15.3. The lowest BCUT2D eigenvalue weighted by molar-refractivity contribution is 0.0955. The molecule has 0 aliphatic heterocycles. The van der Waals surface area contributed by atoms with Crippen molar-refractivity contribution in [3.05, 3.63) is 64.5 Å². The predicted octanol–water partition coefficient (Wildman–Crippen LogP) is 7.67. The van der Waals surface area contributed by atoms with Crippen molar-refractivity contribution in [1.29, 1.82) is 0 Å². The number of benzene rings is 2. The molecule has 4 aliphatic carbocycles. The summed E-state index contributed by atoms with van der Waals surface area (Å²) in [7, 11) is 1.93. The third-order valence-electron chi connectivity index (χ3n) is 10.6. The van der Waals surface area contributed by atoms with Crippen molar-refractivity contribution in [2.75, 3.05) is 11.9 Å². The molecule has 0 saturated heterocycles. The number of hydrogen-bond acceptors (Lipinski definition) is 4. The number of nitrogens with zero attached hydrogens (tertiary/aromatic N) is 3. The zero-order chi connectivity index (χ0) is 27.8. The monoisotopic (exact) mass is 544 g/mol. The molecule has 40 heavy (non-hydrogen) atoms. The Morgan fingerprint density at radius 2 is 1.32 bits per heavy atom. The Labute approximate surface area is 238 Å². The van der Waals surface area contributed by atoms with E-state index in [-0.39, 0.29) is 17.4 Å². The molecule has 5 nitrogen and oxygen atoms in total. The fourth-order valence-corrected chi connectivity index (χ4v) is 7.07. The zero-order valence-corrected chi connectivity index (χ0v) is 24.2. The van der Waals surface area contributed by atoms with Gasteiger partial charge < -0.3 is 10.6 Å². The van der Waals surface area contributed by atoms with Crippen LogP contribution in [-0.4, -0.2) is 22.6 Å². The minimum absolute atomic E-state index is 0.0793. The van der Waals surface area contributed by atoms with Crippen molar-refractivity contribution in [3.63, 3.8) is 0 Å². The Hall–Kier alpha value is -2.73. The Morgan fingerprint density at radius 1 is 0.825 bits per heavy atom. The maximum atomic E-state index is 13.7. The first-order valence-electron chi connectivity index (χ1n) is 15.7. The van der Waals surface area contributed by atoms with Gasteiger partial charge in [0, 0.05) is 30.5 Å². The lowest BCUT2D eigenvalue weighted by atomic mass is 9.68. The minimum Gasteiger partial charge on any atom is -0.345 e. The number of nitrogens with two attached hydrogens (primary N) is 1. The van der Waals surface area contributed by atoms with Crippen LogP contribution in [0.3, 0.4) is 0 Å². The number of halogens is 1. The van der Waals surface area contributed by atoms with Crippen LogP contribution >= 0.6 is 0 Å². The Balaban J connectivity index is 0.000000242. The average molecular weight is 545 g/mol. The van der Waals surface area contributed by atoms with Crippen LogP contribution in [0, 0.1) is 36.4 Å². The molecule has 0 amide bonds. The molecule has 0 spiro atoms. The lowest BCUT2D eigenvalue weighted by Gasteiger charge is -2.43.